The van der Waals surface area contributed by atoms with E-state index >= 15 is 0 Å². The van der Waals surface area contributed by atoms with E-state index in [0.717, 1.165) is 17.7 Å². The number of amides is 1. The first-order chi connectivity index (χ1) is 9.24. The summed E-state index contributed by atoms with van der Waals surface area (Å²) >= 11 is 0. The molecule has 0 fully saturated rings. The van der Waals surface area contributed by atoms with Gasteiger partial charge in [0.25, 0.3) is 0 Å². The van der Waals surface area contributed by atoms with Crippen molar-refractivity contribution < 1.29 is 14.2 Å². The Kier molecular flexibility index (Phi) is 4.12. The van der Waals surface area contributed by atoms with E-state index in [-0.39, 0.29) is 5.91 Å². The molecule has 6 heteroatoms. The van der Waals surface area contributed by atoms with Crippen LogP contribution in [0.2, 0.25) is 0 Å². The van der Waals surface area contributed by atoms with Crippen LogP contribution in [-0.2, 0) is 4.79 Å². The third-order valence-electron chi connectivity index (χ3n) is 2.59. The van der Waals surface area contributed by atoms with E-state index in [1.165, 1.54) is 0 Å². The second-order valence-electron chi connectivity index (χ2n) is 3.99. The zero-order valence-corrected chi connectivity index (χ0v) is 10.8. The molecule has 1 aromatic heterocycles. The molecular formula is C13H15N3O3. The van der Waals surface area contributed by atoms with Crippen LogP contribution in [0.3, 0.4) is 0 Å². The Hall–Kier alpha value is -2.37. The lowest BCUT2D eigenvalue weighted by Crippen LogP contribution is -2.11. The largest absolute Gasteiger partial charge is 0.497 e. The van der Waals surface area contributed by atoms with E-state index in [4.69, 9.17) is 4.74 Å². The van der Waals surface area contributed by atoms with Crippen molar-refractivity contribution in [2.24, 2.45) is 0 Å². The number of rotatable bonds is 5. The highest BCUT2D eigenvalue weighted by Crippen LogP contribution is 2.26. The first-order valence-electron chi connectivity index (χ1n) is 6.01. The van der Waals surface area contributed by atoms with E-state index in [2.05, 4.69) is 20.3 Å². The monoisotopic (exact) mass is 261 g/mol. The smallest absolute Gasteiger partial charge is 0.225 e. The fraction of sp³-hybridized carbons (Fsp3) is 0.308. The normalized spacial score (nSPS) is 10.2. The van der Waals surface area contributed by atoms with Gasteiger partial charge in [-0.25, -0.2) is 4.63 Å². The maximum absolute atomic E-state index is 11.6. The number of carbonyl (C=O) groups is 1. The Morgan fingerprint density at radius 1 is 1.32 bits per heavy atom. The summed E-state index contributed by atoms with van der Waals surface area (Å²) in [6, 6.07) is 7.27. The Balaban J connectivity index is 2.20. The minimum absolute atomic E-state index is 0.104. The lowest BCUT2D eigenvalue weighted by molar-refractivity contribution is -0.116. The van der Waals surface area contributed by atoms with Crippen LogP contribution >= 0.6 is 0 Å². The van der Waals surface area contributed by atoms with Gasteiger partial charge in [0, 0.05) is 12.0 Å². The van der Waals surface area contributed by atoms with Crippen molar-refractivity contribution in [2.45, 2.75) is 19.8 Å². The highest BCUT2D eigenvalue weighted by molar-refractivity contribution is 5.92. The standard InChI is InChI=1S/C13H15N3O3/c1-3-4-11(17)14-13-12(15-19-16-13)9-5-7-10(18-2)8-6-9/h5-8H,3-4H2,1-2H3,(H,14,16,17). The van der Waals surface area contributed by atoms with Crippen molar-refractivity contribution in [3.63, 3.8) is 0 Å². The highest BCUT2D eigenvalue weighted by Gasteiger charge is 2.14. The molecule has 1 N–H and O–H groups in total. The number of carbonyl (C=O) groups excluding carboxylic acids is 1. The van der Waals surface area contributed by atoms with E-state index in [1.807, 2.05) is 31.2 Å². The van der Waals surface area contributed by atoms with E-state index in [0.29, 0.717) is 17.9 Å². The van der Waals surface area contributed by atoms with Gasteiger partial charge in [-0.1, -0.05) is 6.92 Å². The van der Waals surface area contributed by atoms with E-state index < -0.39 is 0 Å². The lowest BCUT2D eigenvalue weighted by Gasteiger charge is -2.03. The number of ether oxygens (including phenoxy) is 1. The zero-order valence-electron chi connectivity index (χ0n) is 10.8. The Bertz CT molecular complexity index is 549. The Morgan fingerprint density at radius 3 is 2.68 bits per heavy atom. The number of hydrogen-bond acceptors (Lipinski definition) is 5. The number of nitrogens with one attached hydrogen (secondary N) is 1. The van der Waals surface area contributed by atoms with Crippen molar-refractivity contribution in [1.29, 1.82) is 0 Å². The van der Waals surface area contributed by atoms with Gasteiger partial charge in [-0.15, -0.1) is 0 Å². The predicted octanol–water partition coefficient (Wildman–Crippen LogP) is 2.48. The van der Waals surface area contributed by atoms with Gasteiger partial charge in [0.05, 0.1) is 7.11 Å². The molecule has 1 aromatic carbocycles. The van der Waals surface area contributed by atoms with Crippen LogP contribution in [0, 0.1) is 0 Å². The van der Waals surface area contributed by atoms with Crippen LogP contribution in [0.1, 0.15) is 19.8 Å². The lowest BCUT2D eigenvalue weighted by atomic mass is 10.1. The second kappa shape index (κ2) is 5.99. The molecule has 2 rings (SSSR count). The zero-order chi connectivity index (χ0) is 13.7. The number of anilines is 1. The van der Waals surface area contributed by atoms with Crippen molar-refractivity contribution in [1.82, 2.24) is 10.3 Å². The average molecular weight is 261 g/mol. The molecule has 0 aliphatic rings. The molecule has 0 bridgehead atoms. The molecular weight excluding hydrogens is 246 g/mol. The Morgan fingerprint density at radius 2 is 2.05 bits per heavy atom. The second-order valence-corrected chi connectivity index (χ2v) is 3.99. The molecule has 6 nitrogen and oxygen atoms in total. The summed E-state index contributed by atoms with van der Waals surface area (Å²) < 4.78 is 9.77. The summed E-state index contributed by atoms with van der Waals surface area (Å²) in [4.78, 5) is 11.6. The van der Waals surface area contributed by atoms with Gasteiger partial charge in [-0.3, -0.25) is 4.79 Å². The number of hydrogen-bond donors (Lipinski definition) is 1. The average Bonchev–Trinajstić information content (AvgIpc) is 2.87. The maximum atomic E-state index is 11.6. The third kappa shape index (κ3) is 3.09. The molecule has 0 unspecified atom stereocenters. The summed E-state index contributed by atoms with van der Waals surface area (Å²) in [6.45, 7) is 1.94. The molecule has 0 spiro atoms. The SMILES string of the molecule is CCCC(=O)Nc1nonc1-c1ccc(OC)cc1. The first kappa shape index (κ1) is 13.1. The Labute approximate surface area is 110 Å². The molecule has 2 aromatic rings. The molecule has 0 saturated carbocycles. The van der Waals surface area contributed by atoms with Gasteiger partial charge in [-0.2, -0.15) is 0 Å². The first-order valence-corrected chi connectivity index (χ1v) is 6.01. The summed E-state index contributed by atoms with van der Waals surface area (Å²) in [5.74, 6) is 0.980. The van der Waals surface area contributed by atoms with Crippen LogP contribution in [0.4, 0.5) is 5.82 Å². The number of benzene rings is 1. The van der Waals surface area contributed by atoms with Crippen molar-refractivity contribution in [2.75, 3.05) is 12.4 Å². The summed E-state index contributed by atoms with van der Waals surface area (Å²) in [6.07, 6.45) is 1.21. The van der Waals surface area contributed by atoms with Crippen molar-refractivity contribution in [3.8, 4) is 17.0 Å². The molecule has 0 aliphatic carbocycles. The van der Waals surface area contributed by atoms with Gasteiger partial charge in [0.15, 0.2) is 5.69 Å². The van der Waals surface area contributed by atoms with Crippen molar-refractivity contribution in [3.05, 3.63) is 24.3 Å². The highest BCUT2D eigenvalue weighted by atomic mass is 16.6. The molecule has 100 valence electrons. The summed E-state index contributed by atoms with van der Waals surface area (Å²) in [5.41, 5.74) is 1.31. The fourth-order valence-electron chi connectivity index (χ4n) is 1.63. The molecule has 1 heterocycles. The third-order valence-corrected chi connectivity index (χ3v) is 2.59. The van der Waals surface area contributed by atoms with E-state index in [1.54, 1.807) is 7.11 Å². The number of methoxy groups -OCH3 is 1. The van der Waals surface area contributed by atoms with Crippen LogP contribution in [0.15, 0.2) is 28.9 Å². The fourth-order valence-corrected chi connectivity index (χ4v) is 1.63. The molecule has 19 heavy (non-hydrogen) atoms. The quantitative estimate of drug-likeness (QED) is 0.894. The van der Waals surface area contributed by atoms with Crippen LogP contribution in [-0.4, -0.2) is 23.3 Å². The molecule has 0 aliphatic heterocycles. The molecule has 0 atom stereocenters. The number of aromatic nitrogens is 2. The molecule has 0 radical (unpaired) electrons. The van der Waals surface area contributed by atoms with Gasteiger partial charge >= 0.3 is 0 Å². The van der Waals surface area contributed by atoms with E-state index in [9.17, 15) is 4.79 Å². The summed E-state index contributed by atoms with van der Waals surface area (Å²) in [7, 11) is 1.60. The van der Waals surface area contributed by atoms with Gasteiger partial charge in [-0.05, 0) is 41.0 Å². The molecule has 0 saturated heterocycles. The topological polar surface area (TPSA) is 77.3 Å². The van der Waals surface area contributed by atoms with Crippen LogP contribution in [0.25, 0.3) is 11.3 Å². The van der Waals surface area contributed by atoms with Crippen molar-refractivity contribution >= 4 is 11.7 Å². The van der Waals surface area contributed by atoms with Crippen LogP contribution < -0.4 is 10.1 Å². The number of nitrogens with zero attached hydrogens (tertiary/aromatic N) is 2. The van der Waals surface area contributed by atoms with Gasteiger partial charge in [0.2, 0.25) is 11.7 Å². The minimum atomic E-state index is -0.104. The maximum Gasteiger partial charge on any atom is 0.225 e. The van der Waals surface area contributed by atoms with Gasteiger partial charge in [0.1, 0.15) is 5.75 Å². The molecule has 1 amide bonds. The predicted molar refractivity (Wildman–Crippen MR) is 69.8 cm³/mol. The minimum Gasteiger partial charge on any atom is -0.497 e. The van der Waals surface area contributed by atoms with Gasteiger partial charge < -0.3 is 10.1 Å². The van der Waals surface area contributed by atoms with Crippen LogP contribution in [0.5, 0.6) is 5.75 Å². The summed E-state index contributed by atoms with van der Waals surface area (Å²) in [5, 5.41) is 10.2.